The molecule has 0 bridgehead atoms. The number of morpholine rings is 1. The number of carbonyl (C=O) groups excluding carboxylic acids is 1. The highest BCUT2D eigenvalue weighted by Gasteiger charge is 2.12. The number of unbranched alkanes of at least 4 members (excludes halogenated alkanes) is 1. The van der Waals surface area contributed by atoms with Crippen LogP contribution < -0.4 is 5.32 Å². The zero-order chi connectivity index (χ0) is 21.0. The maximum Gasteiger partial charge on any atom is 0.226 e. The van der Waals surface area contributed by atoms with E-state index in [0.717, 1.165) is 75.0 Å². The largest absolute Gasteiger partial charge is 0.381 e. The van der Waals surface area contributed by atoms with Crippen molar-refractivity contribution in [3.05, 3.63) is 40.9 Å². The summed E-state index contributed by atoms with van der Waals surface area (Å²) in [5, 5.41) is 5.90. The highest BCUT2D eigenvalue weighted by molar-refractivity contribution is 7.13. The molecule has 1 saturated heterocycles. The van der Waals surface area contributed by atoms with E-state index in [1.165, 1.54) is 5.56 Å². The number of thiazole rings is 1. The molecule has 0 atom stereocenters. The number of amides is 1. The van der Waals surface area contributed by atoms with Crippen molar-refractivity contribution >= 4 is 17.2 Å². The highest BCUT2D eigenvalue weighted by atomic mass is 32.1. The van der Waals surface area contributed by atoms with Crippen LogP contribution in [0, 0.1) is 0 Å². The molecule has 2 aromatic rings. The number of ether oxygens (including phenoxy) is 2. The SMILES string of the molecule is CCCCOCCCNC(=O)Cc1csc(-c2cccc(CN3CCOCC3)c2)n1. The van der Waals surface area contributed by atoms with Crippen LogP contribution in [-0.2, 0) is 27.2 Å². The van der Waals surface area contributed by atoms with E-state index in [0.29, 0.717) is 19.6 Å². The van der Waals surface area contributed by atoms with Gasteiger partial charge in [0.05, 0.1) is 25.3 Å². The van der Waals surface area contributed by atoms with Crippen molar-refractivity contribution in [1.82, 2.24) is 15.2 Å². The minimum Gasteiger partial charge on any atom is -0.381 e. The fourth-order valence-electron chi connectivity index (χ4n) is 3.32. The number of carbonyl (C=O) groups is 1. The Balaban J connectivity index is 1.44. The standard InChI is InChI=1S/C23H33N3O3S/c1-2-3-11-28-12-5-8-24-22(27)16-21-18-30-23(25-21)20-7-4-6-19(15-20)17-26-9-13-29-14-10-26/h4,6-7,15,18H,2-3,5,8-14,16-17H2,1H3,(H,24,27). The molecule has 1 aromatic carbocycles. The molecule has 30 heavy (non-hydrogen) atoms. The van der Waals surface area contributed by atoms with Crippen LogP contribution in [0.3, 0.4) is 0 Å². The zero-order valence-corrected chi connectivity index (χ0v) is 18.7. The van der Waals surface area contributed by atoms with Crippen LogP contribution in [0.2, 0.25) is 0 Å². The Morgan fingerprint density at radius 1 is 1.27 bits per heavy atom. The van der Waals surface area contributed by atoms with Gasteiger partial charge >= 0.3 is 0 Å². The maximum absolute atomic E-state index is 12.2. The first kappa shape index (κ1) is 22.9. The summed E-state index contributed by atoms with van der Waals surface area (Å²) in [7, 11) is 0. The molecule has 0 saturated carbocycles. The van der Waals surface area contributed by atoms with E-state index < -0.39 is 0 Å². The molecule has 1 aliphatic rings. The number of aromatic nitrogens is 1. The molecule has 1 aromatic heterocycles. The predicted octanol–water partition coefficient (Wildman–Crippen LogP) is 3.51. The van der Waals surface area contributed by atoms with Gasteiger partial charge < -0.3 is 14.8 Å². The van der Waals surface area contributed by atoms with E-state index in [1.54, 1.807) is 11.3 Å². The minimum atomic E-state index is 0.0153. The summed E-state index contributed by atoms with van der Waals surface area (Å²) >= 11 is 1.59. The fraction of sp³-hybridized carbons (Fsp3) is 0.565. The molecule has 0 radical (unpaired) electrons. The van der Waals surface area contributed by atoms with E-state index in [4.69, 9.17) is 9.47 Å². The quantitative estimate of drug-likeness (QED) is 0.521. The maximum atomic E-state index is 12.2. The molecule has 1 amide bonds. The summed E-state index contributed by atoms with van der Waals surface area (Å²) in [6.45, 7) is 8.80. The third-order valence-corrected chi connectivity index (χ3v) is 5.95. The fourth-order valence-corrected chi connectivity index (χ4v) is 4.14. The Morgan fingerprint density at radius 3 is 2.93 bits per heavy atom. The first-order valence-electron chi connectivity index (χ1n) is 10.9. The van der Waals surface area contributed by atoms with Crippen LogP contribution in [0.4, 0.5) is 0 Å². The Morgan fingerprint density at radius 2 is 2.10 bits per heavy atom. The van der Waals surface area contributed by atoms with Crippen LogP contribution in [0.1, 0.15) is 37.4 Å². The lowest BCUT2D eigenvalue weighted by Crippen LogP contribution is -2.35. The first-order chi connectivity index (χ1) is 14.7. The summed E-state index contributed by atoms with van der Waals surface area (Å²) in [5.74, 6) is 0.0153. The third-order valence-electron chi connectivity index (χ3n) is 5.01. The lowest BCUT2D eigenvalue weighted by molar-refractivity contribution is -0.120. The molecule has 1 N–H and O–H groups in total. The van der Waals surface area contributed by atoms with Crippen molar-refractivity contribution < 1.29 is 14.3 Å². The summed E-state index contributed by atoms with van der Waals surface area (Å²) in [6.07, 6.45) is 3.40. The molecule has 3 rings (SSSR count). The lowest BCUT2D eigenvalue weighted by atomic mass is 10.1. The van der Waals surface area contributed by atoms with E-state index >= 15 is 0 Å². The van der Waals surface area contributed by atoms with Crippen LogP contribution in [-0.4, -0.2) is 61.9 Å². The molecule has 1 fully saturated rings. The number of nitrogens with one attached hydrogen (secondary N) is 1. The summed E-state index contributed by atoms with van der Waals surface area (Å²) in [4.78, 5) is 19.3. The number of hydrogen-bond donors (Lipinski definition) is 1. The molecular formula is C23H33N3O3S. The number of rotatable bonds is 12. The van der Waals surface area contributed by atoms with E-state index in [1.807, 2.05) is 5.38 Å². The zero-order valence-electron chi connectivity index (χ0n) is 17.9. The molecule has 0 unspecified atom stereocenters. The van der Waals surface area contributed by atoms with Crippen molar-refractivity contribution in [1.29, 1.82) is 0 Å². The molecule has 2 heterocycles. The van der Waals surface area contributed by atoms with E-state index in [2.05, 4.69) is 46.4 Å². The summed E-state index contributed by atoms with van der Waals surface area (Å²) < 4.78 is 10.9. The van der Waals surface area contributed by atoms with E-state index in [9.17, 15) is 4.79 Å². The van der Waals surface area contributed by atoms with Gasteiger partial charge in [-0.2, -0.15) is 0 Å². The molecule has 0 aliphatic carbocycles. The van der Waals surface area contributed by atoms with Gasteiger partial charge in [0.2, 0.25) is 5.91 Å². The number of benzene rings is 1. The second-order valence-corrected chi connectivity index (χ2v) is 8.44. The average Bonchev–Trinajstić information content (AvgIpc) is 3.22. The Kier molecular flexibility index (Phi) is 9.76. The summed E-state index contributed by atoms with van der Waals surface area (Å²) in [6, 6.07) is 8.54. The molecule has 164 valence electrons. The second kappa shape index (κ2) is 12.8. The number of hydrogen-bond acceptors (Lipinski definition) is 6. The van der Waals surface area contributed by atoms with Gasteiger partial charge in [0.15, 0.2) is 0 Å². The van der Waals surface area contributed by atoms with Crippen molar-refractivity contribution in [3.63, 3.8) is 0 Å². The van der Waals surface area contributed by atoms with Crippen molar-refractivity contribution in [2.24, 2.45) is 0 Å². The highest BCUT2D eigenvalue weighted by Crippen LogP contribution is 2.25. The molecule has 1 aliphatic heterocycles. The molecular weight excluding hydrogens is 398 g/mol. The Bertz CT molecular complexity index is 775. The van der Waals surface area contributed by atoms with Gasteiger partial charge in [-0.3, -0.25) is 9.69 Å². The van der Waals surface area contributed by atoms with Crippen molar-refractivity contribution in [2.45, 2.75) is 39.2 Å². The van der Waals surface area contributed by atoms with Crippen LogP contribution in [0.25, 0.3) is 10.6 Å². The van der Waals surface area contributed by atoms with Gasteiger partial charge in [-0.15, -0.1) is 11.3 Å². The Hall–Kier alpha value is -1.80. The van der Waals surface area contributed by atoms with E-state index in [-0.39, 0.29) is 5.91 Å². The second-order valence-electron chi connectivity index (χ2n) is 7.58. The van der Waals surface area contributed by atoms with Gasteiger partial charge in [-0.05, 0) is 24.5 Å². The van der Waals surface area contributed by atoms with Gasteiger partial charge in [0.25, 0.3) is 0 Å². The normalized spacial score (nSPS) is 14.7. The van der Waals surface area contributed by atoms with Gasteiger partial charge in [0.1, 0.15) is 5.01 Å². The number of nitrogens with zero attached hydrogens (tertiary/aromatic N) is 2. The molecule has 7 heteroatoms. The monoisotopic (exact) mass is 431 g/mol. The summed E-state index contributed by atoms with van der Waals surface area (Å²) in [5.41, 5.74) is 3.22. The topological polar surface area (TPSA) is 63.7 Å². The van der Waals surface area contributed by atoms with Crippen molar-refractivity contribution in [3.8, 4) is 10.6 Å². The van der Waals surface area contributed by atoms with Gasteiger partial charge in [-0.25, -0.2) is 4.98 Å². The van der Waals surface area contributed by atoms with Gasteiger partial charge in [-0.1, -0.05) is 31.5 Å². The van der Waals surface area contributed by atoms with Crippen molar-refractivity contribution in [2.75, 3.05) is 46.1 Å². The van der Waals surface area contributed by atoms with Crippen LogP contribution in [0.5, 0.6) is 0 Å². The Labute approximate surface area is 183 Å². The smallest absolute Gasteiger partial charge is 0.226 e. The third kappa shape index (κ3) is 7.80. The lowest BCUT2D eigenvalue weighted by Gasteiger charge is -2.26. The van der Waals surface area contributed by atoms with Gasteiger partial charge in [0, 0.05) is 50.3 Å². The average molecular weight is 432 g/mol. The molecule has 6 nitrogen and oxygen atoms in total. The van der Waals surface area contributed by atoms with Crippen LogP contribution >= 0.6 is 11.3 Å². The molecule has 0 spiro atoms. The minimum absolute atomic E-state index is 0.0153. The van der Waals surface area contributed by atoms with Crippen LogP contribution in [0.15, 0.2) is 29.6 Å². The first-order valence-corrected chi connectivity index (χ1v) is 11.8. The predicted molar refractivity (Wildman–Crippen MR) is 121 cm³/mol.